The summed E-state index contributed by atoms with van der Waals surface area (Å²) in [4.78, 5) is 4.18. The minimum absolute atomic E-state index is 0.269. The fraction of sp³-hybridized carbons (Fsp3) is 0.273. The van der Waals surface area contributed by atoms with Gasteiger partial charge >= 0.3 is 6.01 Å². The number of hydrogen-bond acceptors (Lipinski definition) is 5. The van der Waals surface area contributed by atoms with Gasteiger partial charge < -0.3 is 4.52 Å². The molecule has 5 heteroatoms. The van der Waals surface area contributed by atoms with Gasteiger partial charge in [0.25, 0.3) is 0 Å². The van der Waals surface area contributed by atoms with E-state index in [1.165, 1.54) is 11.1 Å². The van der Waals surface area contributed by atoms with Gasteiger partial charge in [0.15, 0.2) is 5.82 Å². The number of hydrazine groups is 1. The highest BCUT2D eigenvalue weighted by atomic mass is 16.5. The third kappa shape index (κ3) is 1.45. The van der Waals surface area contributed by atoms with Crippen LogP contribution in [0.15, 0.2) is 28.8 Å². The Morgan fingerprint density at radius 3 is 2.50 bits per heavy atom. The Bertz CT molecular complexity index is 483. The van der Waals surface area contributed by atoms with Crippen LogP contribution < -0.4 is 11.3 Å². The van der Waals surface area contributed by atoms with Gasteiger partial charge in [0, 0.05) is 5.92 Å². The molecule has 1 heterocycles. The van der Waals surface area contributed by atoms with Gasteiger partial charge in [-0.2, -0.15) is 4.98 Å². The van der Waals surface area contributed by atoms with Crippen LogP contribution in [0.1, 0.15) is 22.9 Å². The van der Waals surface area contributed by atoms with Crippen LogP contribution in [0.25, 0.3) is 0 Å². The molecule has 0 saturated carbocycles. The van der Waals surface area contributed by atoms with Gasteiger partial charge in [-0.25, -0.2) is 5.84 Å². The summed E-state index contributed by atoms with van der Waals surface area (Å²) in [7, 11) is 0. The van der Waals surface area contributed by atoms with Gasteiger partial charge in [-0.15, -0.1) is 0 Å². The summed E-state index contributed by atoms with van der Waals surface area (Å²) in [6, 6.07) is 8.69. The Balaban J connectivity index is 1.85. The molecule has 0 spiro atoms. The number of hydrogen-bond donors (Lipinski definition) is 2. The zero-order valence-corrected chi connectivity index (χ0v) is 8.68. The average Bonchev–Trinajstić information content (AvgIpc) is 2.95. The molecule has 1 aromatic heterocycles. The van der Waals surface area contributed by atoms with Crippen LogP contribution in [-0.4, -0.2) is 10.1 Å². The Labute approximate surface area is 92.6 Å². The summed E-state index contributed by atoms with van der Waals surface area (Å²) in [5.74, 6) is 6.23. The van der Waals surface area contributed by atoms with Crippen molar-refractivity contribution in [2.75, 3.05) is 5.43 Å². The monoisotopic (exact) mass is 216 g/mol. The maximum absolute atomic E-state index is 5.20. The molecule has 16 heavy (non-hydrogen) atoms. The first-order chi connectivity index (χ1) is 7.86. The van der Waals surface area contributed by atoms with Crippen LogP contribution in [0.3, 0.4) is 0 Å². The molecule has 5 nitrogen and oxygen atoms in total. The molecule has 0 unspecified atom stereocenters. The molecule has 1 aliphatic rings. The summed E-state index contributed by atoms with van der Waals surface area (Å²) >= 11 is 0. The van der Waals surface area contributed by atoms with Crippen LogP contribution in [0.2, 0.25) is 0 Å². The Kier molecular flexibility index (Phi) is 2.11. The maximum Gasteiger partial charge on any atom is 0.335 e. The first-order valence-electron chi connectivity index (χ1n) is 5.24. The van der Waals surface area contributed by atoms with E-state index in [0.29, 0.717) is 5.92 Å². The number of nitrogens with one attached hydrogen (secondary N) is 1. The number of nitrogens with zero attached hydrogens (tertiary/aromatic N) is 2. The molecule has 1 aromatic carbocycles. The second-order valence-electron chi connectivity index (χ2n) is 3.98. The van der Waals surface area contributed by atoms with E-state index in [-0.39, 0.29) is 6.01 Å². The normalized spacial score (nSPS) is 15.1. The van der Waals surface area contributed by atoms with Crippen LogP contribution in [0.4, 0.5) is 6.01 Å². The van der Waals surface area contributed by atoms with E-state index < -0.39 is 0 Å². The zero-order chi connectivity index (χ0) is 11.0. The van der Waals surface area contributed by atoms with Crippen LogP contribution in [0, 0.1) is 0 Å². The molecule has 0 atom stereocenters. The lowest BCUT2D eigenvalue weighted by molar-refractivity contribution is 0.416. The number of nitrogens with two attached hydrogens (primary N) is 1. The first kappa shape index (κ1) is 9.35. The Hall–Kier alpha value is -1.88. The summed E-state index contributed by atoms with van der Waals surface area (Å²) in [5.41, 5.74) is 5.10. The average molecular weight is 216 g/mol. The van der Waals surface area contributed by atoms with E-state index in [1.807, 2.05) is 0 Å². The van der Waals surface area contributed by atoms with Crippen LogP contribution in [-0.2, 0) is 12.8 Å². The smallest absolute Gasteiger partial charge is 0.314 e. The van der Waals surface area contributed by atoms with Crippen LogP contribution in [0.5, 0.6) is 0 Å². The van der Waals surface area contributed by atoms with Crippen molar-refractivity contribution >= 4 is 6.01 Å². The topological polar surface area (TPSA) is 77.0 Å². The molecule has 2 aromatic rings. The summed E-state index contributed by atoms with van der Waals surface area (Å²) in [6.45, 7) is 0. The van der Waals surface area contributed by atoms with E-state index in [0.717, 1.165) is 18.7 Å². The van der Waals surface area contributed by atoms with E-state index >= 15 is 0 Å². The molecule has 1 aliphatic carbocycles. The first-order valence-corrected chi connectivity index (χ1v) is 5.24. The van der Waals surface area contributed by atoms with Gasteiger partial charge in [-0.3, -0.25) is 5.43 Å². The molecule has 0 saturated heterocycles. The third-order valence-electron chi connectivity index (χ3n) is 2.98. The lowest BCUT2D eigenvalue weighted by atomic mass is 10.1. The van der Waals surface area contributed by atoms with Crippen molar-refractivity contribution in [3.8, 4) is 0 Å². The quantitative estimate of drug-likeness (QED) is 0.583. The predicted molar refractivity (Wildman–Crippen MR) is 58.7 cm³/mol. The number of rotatable bonds is 2. The highest BCUT2D eigenvalue weighted by Crippen LogP contribution is 2.32. The van der Waals surface area contributed by atoms with Crippen molar-refractivity contribution in [3.63, 3.8) is 0 Å². The largest absolute Gasteiger partial charge is 0.335 e. The molecule has 0 amide bonds. The summed E-state index contributed by atoms with van der Waals surface area (Å²) in [5, 5.41) is 3.92. The maximum atomic E-state index is 5.20. The lowest BCUT2D eigenvalue weighted by Gasteiger charge is -2.00. The number of fused-ring (bicyclic) bond motifs is 1. The predicted octanol–water partition coefficient (Wildman–Crippen LogP) is 1.24. The number of benzene rings is 1. The molecule has 0 bridgehead atoms. The lowest BCUT2D eigenvalue weighted by Crippen LogP contribution is -2.07. The molecule has 3 rings (SSSR count). The van der Waals surface area contributed by atoms with Gasteiger partial charge in [-0.1, -0.05) is 29.4 Å². The summed E-state index contributed by atoms with van der Waals surface area (Å²) in [6.07, 6.45) is 1.94. The van der Waals surface area contributed by atoms with Gasteiger partial charge in [0.2, 0.25) is 0 Å². The highest BCUT2D eigenvalue weighted by molar-refractivity contribution is 5.35. The molecular weight excluding hydrogens is 204 g/mol. The molecule has 0 aliphatic heterocycles. The van der Waals surface area contributed by atoms with Crippen molar-refractivity contribution in [1.29, 1.82) is 0 Å². The zero-order valence-electron chi connectivity index (χ0n) is 8.68. The second kappa shape index (κ2) is 3.61. The van der Waals surface area contributed by atoms with Crippen molar-refractivity contribution in [1.82, 2.24) is 10.1 Å². The number of aromatic nitrogens is 2. The Morgan fingerprint density at radius 2 is 1.94 bits per heavy atom. The van der Waals surface area contributed by atoms with Gasteiger partial charge in [-0.05, 0) is 24.0 Å². The standard InChI is InChI=1S/C11H12N4O/c12-14-11-13-10(15-16-11)9-5-7-3-1-2-4-8(7)6-9/h1-4,9H,5-6,12H2,(H,13,14,15). The molecule has 3 N–H and O–H groups in total. The summed E-state index contributed by atoms with van der Waals surface area (Å²) < 4.78 is 4.93. The van der Waals surface area contributed by atoms with E-state index in [4.69, 9.17) is 10.4 Å². The van der Waals surface area contributed by atoms with Crippen molar-refractivity contribution in [3.05, 3.63) is 41.2 Å². The fourth-order valence-corrected chi connectivity index (χ4v) is 2.20. The second-order valence-corrected chi connectivity index (χ2v) is 3.98. The number of nitrogen functional groups attached to an aromatic ring is 1. The fourth-order valence-electron chi connectivity index (χ4n) is 2.20. The highest BCUT2D eigenvalue weighted by Gasteiger charge is 2.26. The van der Waals surface area contributed by atoms with E-state index in [9.17, 15) is 0 Å². The van der Waals surface area contributed by atoms with E-state index in [1.54, 1.807) is 0 Å². The van der Waals surface area contributed by atoms with Gasteiger partial charge in [0.1, 0.15) is 0 Å². The SMILES string of the molecule is NNc1nc(C2Cc3ccccc3C2)no1. The van der Waals surface area contributed by atoms with Crippen molar-refractivity contribution < 1.29 is 4.52 Å². The van der Waals surface area contributed by atoms with Crippen molar-refractivity contribution in [2.24, 2.45) is 5.84 Å². The molecule has 0 fully saturated rings. The van der Waals surface area contributed by atoms with Gasteiger partial charge in [0.05, 0.1) is 0 Å². The molecular formula is C11H12N4O. The van der Waals surface area contributed by atoms with Crippen LogP contribution >= 0.6 is 0 Å². The van der Waals surface area contributed by atoms with Crippen molar-refractivity contribution in [2.45, 2.75) is 18.8 Å². The minimum Gasteiger partial charge on any atom is -0.314 e. The number of anilines is 1. The molecule has 82 valence electrons. The Morgan fingerprint density at radius 1 is 1.25 bits per heavy atom. The minimum atomic E-state index is 0.269. The molecule has 0 radical (unpaired) electrons. The van der Waals surface area contributed by atoms with E-state index in [2.05, 4.69) is 39.8 Å². The third-order valence-corrected chi connectivity index (χ3v) is 2.98.